The SMILES string of the molecule is OCCCCCSCc1ccco1. The van der Waals surface area contributed by atoms with Gasteiger partial charge in [-0.2, -0.15) is 11.8 Å². The summed E-state index contributed by atoms with van der Waals surface area (Å²) in [5.41, 5.74) is 0. The van der Waals surface area contributed by atoms with Crippen molar-refractivity contribution >= 4 is 11.8 Å². The molecule has 0 bridgehead atoms. The first kappa shape index (κ1) is 10.7. The molecule has 0 fully saturated rings. The number of hydrogen-bond acceptors (Lipinski definition) is 3. The Labute approximate surface area is 83.3 Å². The summed E-state index contributed by atoms with van der Waals surface area (Å²) in [5.74, 6) is 3.17. The summed E-state index contributed by atoms with van der Waals surface area (Å²) >= 11 is 1.89. The smallest absolute Gasteiger partial charge is 0.113 e. The van der Waals surface area contributed by atoms with Crippen LogP contribution in [0.1, 0.15) is 25.0 Å². The first-order chi connectivity index (χ1) is 6.43. The van der Waals surface area contributed by atoms with E-state index in [2.05, 4.69) is 0 Å². The lowest BCUT2D eigenvalue weighted by atomic mass is 10.3. The number of rotatable bonds is 7. The number of aliphatic hydroxyl groups excluding tert-OH is 1. The van der Waals surface area contributed by atoms with Gasteiger partial charge in [-0.3, -0.25) is 0 Å². The predicted octanol–water partition coefficient (Wildman–Crippen LogP) is 2.68. The van der Waals surface area contributed by atoms with Gasteiger partial charge in [0.15, 0.2) is 0 Å². The number of thioether (sulfide) groups is 1. The van der Waals surface area contributed by atoms with Gasteiger partial charge >= 0.3 is 0 Å². The summed E-state index contributed by atoms with van der Waals surface area (Å²) in [4.78, 5) is 0. The quantitative estimate of drug-likeness (QED) is 0.687. The average Bonchev–Trinajstić information content (AvgIpc) is 2.63. The zero-order valence-electron chi connectivity index (χ0n) is 7.74. The van der Waals surface area contributed by atoms with E-state index in [1.54, 1.807) is 6.26 Å². The molecule has 0 aliphatic rings. The van der Waals surface area contributed by atoms with Crippen LogP contribution in [0.25, 0.3) is 0 Å². The molecule has 0 saturated carbocycles. The fraction of sp³-hybridized carbons (Fsp3) is 0.600. The third kappa shape index (κ3) is 5.01. The van der Waals surface area contributed by atoms with Crippen LogP contribution in [0.5, 0.6) is 0 Å². The molecule has 3 heteroatoms. The Hall–Kier alpha value is -0.410. The molecule has 1 heterocycles. The maximum Gasteiger partial charge on any atom is 0.113 e. The van der Waals surface area contributed by atoms with Crippen molar-refractivity contribution in [3.8, 4) is 0 Å². The summed E-state index contributed by atoms with van der Waals surface area (Å²) in [6, 6.07) is 3.92. The van der Waals surface area contributed by atoms with Crippen LogP contribution in [0, 0.1) is 0 Å². The summed E-state index contributed by atoms with van der Waals surface area (Å²) in [6.07, 6.45) is 4.95. The second-order valence-electron chi connectivity index (χ2n) is 2.92. The van der Waals surface area contributed by atoms with Gasteiger partial charge in [-0.25, -0.2) is 0 Å². The molecule has 0 saturated heterocycles. The van der Waals surface area contributed by atoms with Crippen molar-refractivity contribution in [3.63, 3.8) is 0 Å². The molecule has 0 amide bonds. The molecule has 1 rings (SSSR count). The highest BCUT2D eigenvalue weighted by Crippen LogP contribution is 2.14. The molecule has 0 radical (unpaired) electrons. The van der Waals surface area contributed by atoms with E-state index < -0.39 is 0 Å². The molecule has 0 unspecified atom stereocenters. The van der Waals surface area contributed by atoms with E-state index in [0.29, 0.717) is 6.61 Å². The summed E-state index contributed by atoms with van der Waals surface area (Å²) < 4.78 is 5.20. The molecule has 0 spiro atoms. The Balaban J connectivity index is 1.90. The minimum atomic E-state index is 0.322. The van der Waals surface area contributed by atoms with Gasteiger partial charge in [0, 0.05) is 6.61 Å². The van der Waals surface area contributed by atoms with E-state index >= 15 is 0 Å². The topological polar surface area (TPSA) is 33.4 Å². The maximum absolute atomic E-state index is 8.55. The van der Waals surface area contributed by atoms with Gasteiger partial charge in [0.25, 0.3) is 0 Å². The van der Waals surface area contributed by atoms with Crippen molar-refractivity contribution in [2.75, 3.05) is 12.4 Å². The minimum absolute atomic E-state index is 0.322. The predicted molar refractivity (Wildman–Crippen MR) is 55.8 cm³/mol. The van der Waals surface area contributed by atoms with Crippen LogP contribution in [0.2, 0.25) is 0 Å². The van der Waals surface area contributed by atoms with Gasteiger partial charge in [0.05, 0.1) is 12.0 Å². The van der Waals surface area contributed by atoms with Crippen LogP contribution in [0.4, 0.5) is 0 Å². The van der Waals surface area contributed by atoms with Crippen LogP contribution in [-0.4, -0.2) is 17.5 Å². The first-order valence-corrected chi connectivity index (χ1v) is 5.80. The van der Waals surface area contributed by atoms with E-state index in [1.165, 1.54) is 6.42 Å². The molecule has 1 N–H and O–H groups in total. The Morgan fingerprint density at radius 2 is 2.23 bits per heavy atom. The number of aliphatic hydroxyl groups is 1. The Bertz CT molecular complexity index is 197. The lowest BCUT2D eigenvalue weighted by Gasteiger charge is -1.98. The van der Waals surface area contributed by atoms with Gasteiger partial charge in [-0.05, 0) is 30.7 Å². The van der Waals surface area contributed by atoms with Crippen LogP contribution in [-0.2, 0) is 5.75 Å². The Kier molecular flexibility index (Phi) is 5.78. The van der Waals surface area contributed by atoms with E-state index in [-0.39, 0.29) is 0 Å². The molecule has 74 valence electrons. The van der Waals surface area contributed by atoms with Gasteiger partial charge in [0.2, 0.25) is 0 Å². The molecular weight excluding hydrogens is 184 g/mol. The third-order valence-electron chi connectivity index (χ3n) is 1.77. The fourth-order valence-electron chi connectivity index (χ4n) is 1.06. The van der Waals surface area contributed by atoms with Crippen LogP contribution in [0.15, 0.2) is 22.8 Å². The first-order valence-electron chi connectivity index (χ1n) is 4.64. The minimum Gasteiger partial charge on any atom is -0.468 e. The zero-order valence-corrected chi connectivity index (χ0v) is 8.55. The molecule has 2 nitrogen and oxygen atoms in total. The second-order valence-corrected chi connectivity index (χ2v) is 4.02. The molecular formula is C10H16O2S. The molecule has 0 aliphatic carbocycles. The standard InChI is InChI=1S/C10H16O2S/c11-6-2-1-3-8-13-9-10-5-4-7-12-10/h4-5,7,11H,1-3,6,8-9H2. The van der Waals surface area contributed by atoms with Crippen LogP contribution in [0.3, 0.4) is 0 Å². The molecule has 1 aromatic heterocycles. The van der Waals surface area contributed by atoms with E-state index in [9.17, 15) is 0 Å². The van der Waals surface area contributed by atoms with Crippen molar-refractivity contribution in [1.82, 2.24) is 0 Å². The number of unbranched alkanes of at least 4 members (excludes halogenated alkanes) is 2. The van der Waals surface area contributed by atoms with Gasteiger partial charge in [-0.1, -0.05) is 6.42 Å². The highest BCUT2D eigenvalue weighted by atomic mass is 32.2. The largest absolute Gasteiger partial charge is 0.468 e. The summed E-state index contributed by atoms with van der Waals surface area (Å²) in [7, 11) is 0. The highest BCUT2D eigenvalue weighted by molar-refractivity contribution is 7.98. The second kappa shape index (κ2) is 7.04. The molecule has 13 heavy (non-hydrogen) atoms. The van der Waals surface area contributed by atoms with Crippen LogP contribution >= 0.6 is 11.8 Å². The summed E-state index contributed by atoms with van der Waals surface area (Å²) in [5, 5.41) is 8.55. The van der Waals surface area contributed by atoms with Crippen molar-refractivity contribution < 1.29 is 9.52 Å². The van der Waals surface area contributed by atoms with E-state index in [1.807, 2.05) is 23.9 Å². The monoisotopic (exact) mass is 200 g/mol. The van der Waals surface area contributed by atoms with Crippen molar-refractivity contribution in [3.05, 3.63) is 24.2 Å². The number of hydrogen-bond donors (Lipinski definition) is 1. The van der Waals surface area contributed by atoms with E-state index in [4.69, 9.17) is 9.52 Å². The summed E-state index contributed by atoms with van der Waals surface area (Å²) in [6.45, 7) is 0.322. The average molecular weight is 200 g/mol. The molecule has 0 atom stereocenters. The number of furan rings is 1. The lowest BCUT2D eigenvalue weighted by molar-refractivity contribution is 0.284. The van der Waals surface area contributed by atoms with E-state index in [0.717, 1.165) is 30.1 Å². The van der Waals surface area contributed by atoms with Crippen molar-refractivity contribution in [1.29, 1.82) is 0 Å². The van der Waals surface area contributed by atoms with Gasteiger partial charge in [0.1, 0.15) is 5.76 Å². The molecule has 0 aliphatic heterocycles. The molecule has 1 aromatic rings. The molecule has 0 aromatic carbocycles. The van der Waals surface area contributed by atoms with Crippen molar-refractivity contribution in [2.45, 2.75) is 25.0 Å². The van der Waals surface area contributed by atoms with Gasteiger partial charge < -0.3 is 9.52 Å². The normalized spacial score (nSPS) is 10.5. The fourth-order valence-corrected chi connectivity index (χ4v) is 1.98. The zero-order chi connectivity index (χ0) is 9.36. The Morgan fingerprint density at radius 1 is 1.31 bits per heavy atom. The Morgan fingerprint density at radius 3 is 2.92 bits per heavy atom. The highest BCUT2D eigenvalue weighted by Gasteiger charge is 1.95. The van der Waals surface area contributed by atoms with Crippen LogP contribution < -0.4 is 0 Å². The lowest BCUT2D eigenvalue weighted by Crippen LogP contribution is -1.85. The third-order valence-corrected chi connectivity index (χ3v) is 2.84. The maximum atomic E-state index is 8.55. The van der Waals surface area contributed by atoms with Gasteiger partial charge in [-0.15, -0.1) is 0 Å². The van der Waals surface area contributed by atoms with Crippen molar-refractivity contribution in [2.24, 2.45) is 0 Å².